The SMILES string of the molecule is CCC(C)(C#N)C(=O)Nc1nnc(CC(C)C)s1. The van der Waals surface area contributed by atoms with E-state index in [4.69, 9.17) is 5.26 Å². The van der Waals surface area contributed by atoms with Crippen molar-refractivity contribution in [2.24, 2.45) is 11.3 Å². The highest BCUT2D eigenvalue weighted by Gasteiger charge is 2.31. The number of carbonyl (C=O) groups excluding carboxylic acids is 1. The molecule has 1 amide bonds. The number of nitrogens with one attached hydrogen (secondary N) is 1. The molecule has 18 heavy (non-hydrogen) atoms. The standard InChI is InChI=1S/C12H18N4OS/c1-5-12(4,7-13)10(17)14-11-16-15-9(18-11)6-8(2)3/h8H,5-6H2,1-4H3,(H,14,16,17). The average Bonchev–Trinajstić information content (AvgIpc) is 2.74. The van der Waals surface area contributed by atoms with E-state index in [1.807, 2.05) is 13.0 Å². The first-order valence-electron chi connectivity index (χ1n) is 5.96. The van der Waals surface area contributed by atoms with Crippen molar-refractivity contribution in [3.05, 3.63) is 5.01 Å². The van der Waals surface area contributed by atoms with Crippen molar-refractivity contribution in [1.29, 1.82) is 5.26 Å². The van der Waals surface area contributed by atoms with E-state index in [1.165, 1.54) is 11.3 Å². The number of nitriles is 1. The topological polar surface area (TPSA) is 78.7 Å². The number of nitrogens with zero attached hydrogens (tertiary/aromatic N) is 3. The first kappa shape index (κ1) is 14.6. The fraction of sp³-hybridized carbons (Fsp3) is 0.667. The van der Waals surface area contributed by atoms with Gasteiger partial charge in [0.15, 0.2) is 0 Å². The van der Waals surface area contributed by atoms with E-state index in [9.17, 15) is 4.79 Å². The molecule has 6 heteroatoms. The van der Waals surface area contributed by atoms with Crippen molar-refractivity contribution in [2.45, 2.75) is 40.5 Å². The Balaban J connectivity index is 2.71. The van der Waals surface area contributed by atoms with Crippen molar-refractivity contribution < 1.29 is 4.79 Å². The Hall–Kier alpha value is -1.48. The molecule has 1 unspecified atom stereocenters. The molecular weight excluding hydrogens is 248 g/mol. The van der Waals surface area contributed by atoms with Crippen molar-refractivity contribution in [3.8, 4) is 6.07 Å². The van der Waals surface area contributed by atoms with Gasteiger partial charge in [0.1, 0.15) is 10.4 Å². The van der Waals surface area contributed by atoms with Gasteiger partial charge in [-0.05, 0) is 19.3 Å². The normalized spacial score (nSPS) is 14.0. The smallest absolute Gasteiger partial charge is 0.246 e. The second kappa shape index (κ2) is 5.91. The molecule has 1 N–H and O–H groups in total. The van der Waals surface area contributed by atoms with Crippen molar-refractivity contribution in [3.63, 3.8) is 0 Å². The predicted molar refractivity (Wildman–Crippen MR) is 71.1 cm³/mol. The number of anilines is 1. The molecule has 5 nitrogen and oxygen atoms in total. The van der Waals surface area contributed by atoms with Gasteiger partial charge in [-0.3, -0.25) is 10.1 Å². The van der Waals surface area contributed by atoms with Crippen molar-refractivity contribution >= 4 is 22.4 Å². The van der Waals surface area contributed by atoms with Crippen LogP contribution in [0, 0.1) is 22.7 Å². The minimum absolute atomic E-state index is 0.320. The van der Waals surface area contributed by atoms with Crippen LogP contribution in [-0.2, 0) is 11.2 Å². The summed E-state index contributed by atoms with van der Waals surface area (Å²) in [5.74, 6) is 0.182. The molecule has 0 aliphatic heterocycles. The molecule has 0 aromatic carbocycles. The van der Waals surface area contributed by atoms with E-state index in [1.54, 1.807) is 6.92 Å². The molecule has 0 fully saturated rings. The van der Waals surface area contributed by atoms with E-state index in [-0.39, 0.29) is 5.91 Å². The van der Waals surface area contributed by atoms with Gasteiger partial charge in [-0.25, -0.2) is 0 Å². The van der Waals surface area contributed by atoms with E-state index in [0.717, 1.165) is 11.4 Å². The van der Waals surface area contributed by atoms with Gasteiger partial charge in [0.2, 0.25) is 11.0 Å². The lowest BCUT2D eigenvalue weighted by Gasteiger charge is -2.16. The van der Waals surface area contributed by atoms with Gasteiger partial charge in [0.25, 0.3) is 0 Å². The summed E-state index contributed by atoms with van der Waals surface area (Å²) in [6.45, 7) is 7.64. The number of rotatable bonds is 5. The van der Waals surface area contributed by atoms with Crippen LogP contribution in [0.5, 0.6) is 0 Å². The minimum atomic E-state index is -1.01. The number of hydrogen-bond acceptors (Lipinski definition) is 5. The number of carbonyl (C=O) groups is 1. The fourth-order valence-corrected chi connectivity index (χ4v) is 2.21. The third-order valence-electron chi connectivity index (χ3n) is 2.73. The molecule has 1 aromatic rings. The van der Waals surface area contributed by atoms with Crippen LogP contribution in [0.15, 0.2) is 0 Å². The summed E-state index contributed by atoms with van der Waals surface area (Å²) in [6, 6.07) is 2.03. The van der Waals surface area contributed by atoms with Crippen LogP contribution in [0.3, 0.4) is 0 Å². The summed E-state index contributed by atoms with van der Waals surface area (Å²) in [7, 11) is 0. The van der Waals surface area contributed by atoms with Gasteiger partial charge < -0.3 is 0 Å². The molecule has 0 radical (unpaired) electrons. The fourth-order valence-electron chi connectivity index (χ4n) is 1.26. The van der Waals surface area contributed by atoms with Crippen molar-refractivity contribution in [2.75, 3.05) is 5.32 Å². The maximum Gasteiger partial charge on any atom is 0.246 e. The Morgan fingerprint density at radius 1 is 1.56 bits per heavy atom. The molecule has 1 rings (SSSR count). The molecule has 1 heterocycles. The largest absolute Gasteiger partial charge is 0.299 e. The summed E-state index contributed by atoms with van der Waals surface area (Å²) in [5, 5.41) is 21.0. The molecule has 0 aliphatic rings. The zero-order valence-corrected chi connectivity index (χ0v) is 12.0. The average molecular weight is 266 g/mol. The van der Waals surface area contributed by atoms with E-state index in [0.29, 0.717) is 17.5 Å². The Bertz CT molecular complexity index is 463. The molecule has 0 spiro atoms. The van der Waals surface area contributed by atoms with Gasteiger partial charge >= 0.3 is 0 Å². The zero-order chi connectivity index (χ0) is 13.8. The van der Waals surface area contributed by atoms with Crippen LogP contribution >= 0.6 is 11.3 Å². The van der Waals surface area contributed by atoms with Gasteiger partial charge in [-0.15, -0.1) is 10.2 Å². The molecule has 0 bridgehead atoms. The summed E-state index contributed by atoms with van der Waals surface area (Å²) < 4.78 is 0. The molecule has 0 saturated carbocycles. The first-order valence-corrected chi connectivity index (χ1v) is 6.78. The highest BCUT2D eigenvalue weighted by atomic mass is 32.1. The van der Waals surface area contributed by atoms with Crippen LogP contribution in [0.4, 0.5) is 5.13 Å². The Morgan fingerprint density at radius 2 is 2.22 bits per heavy atom. The van der Waals surface area contributed by atoms with Crippen LogP contribution < -0.4 is 5.32 Å². The van der Waals surface area contributed by atoms with Gasteiger partial charge in [0.05, 0.1) is 6.07 Å². The maximum absolute atomic E-state index is 11.9. The molecule has 1 aromatic heterocycles. The van der Waals surface area contributed by atoms with Gasteiger partial charge in [0, 0.05) is 6.42 Å². The van der Waals surface area contributed by atoms with Crippen LogP contribution in [0.25, 0.3) is 0 Å². The molecule has 0 aliphatic carbocycles. The predicted octanol–water partition coefficient (Wildman–Crippen LogP) is 2.61. The maximum atomic E-state index is 11.9. The van der Waals surface area contributed by atoms with E-state index >= 15 is 0 Å². The van der Waals surface area contributed by atoms with Crippen molar-refractivity contribution in [1.82, 2.24) is 10.2 Å². The molecule has 0 saturated heterocycles. The summed E-state index contributed by atoms with van der Waals surface area (Å²) in [4.78, 5) is 11.9. The monoisotopic (exact) mass is 266 g/mol. The minimum Gasteiger partial charge on any atom is -0.299 e. The van der Waals surface area contributed by atoms with E-state index in [2.05, 4.69) is 29.4 Å². The number of hydrogen-bond donors (Lipinski definition) is 1. The number of amides is 1. The lowest BCUT2D eigenvalue weighted by molar-refractivity contribution is -0.122. The summed E-state index contributed by atoms with van der Waals surface area (Å²) in [6.07, 6.45) is 1.31. The Morgan fingerprint density at radius 3 is 2.72 bits per heavy atom. The second-order valence-corrected chi connectivity index (χ2v) is 5.91. The van der Waals surface area contributed by atoms with E-state index < -0.39 is 5.41 Å². The Labute approximate surface area is 111 Å². The second-order valence-electron chi connectivity index (χ2n) is 4.85. The third kappa shape index (κ3) is 3.50. The molecular formula is C12H18N4OS. The Kier molecular flexibility index (Phi) is 4.79. The third-order valence-corrected chi connectivity index (χ3v) is 3.59. The first-order chi connectivity index (χ1) is 8.41. The summed E-state index contributed by atoms with van der Waals surface area (Å²) in [5.41, 5.74) is -1.01. The lowest BCUT2D eigenvalue weighted by Crippen LogP contribution is -2.31. The molecule has 1 atom stereocenters. The quantitative estimate of drug-likeness (QED) is 0.888. The highest BCUT2D eigenvalue weighted by molar-refractivity contribution is 7.15. The zero-order valence-electron chi connectivity index (χ0n) is 11.1. The van der Waals surface area contributed by atoms with Gasteiger partial charge in [-0.1, -0.05) is 32.1 Å². The van der Waals surface area contributed by atoms with Crippen LogP contribution in [0.1, 0.15) is 39.1 Å². The summed E-state index contributed by atoms with van der Waals surface area (Å²) >= 11 is 1.36. The van der Waals surface area contributed by atoms with Crippen LogP contribution in [0.2, 0.25) is 0 Å². The number of aromatic nitrogens is 2. The van der Waals surface area contributed by atoms with Gasteiger partial charge in [-0.2, -0.15) is 5.26 Å². The van der Waals surface area contributed by atoms with Crippen LogP contribution in [-0.4, -0.2) is 16.1 Å². The lowest BCUT2D eigenvalue weighted by atomic mass is 9.88. The molecule has 98 valence electrons. The highest BCUT2D eigenvalue weighted by Crippen LogP contribution is 2.24.